The highest BCUT2D eigenvalue weighted by atomic mass is 35.5. The Morgan fingerprint density at radius 1 is 1.31 bits per heavy atom. The van der Waals surface area contributed by atoms with E-state index in [-0.39, 0.29) is 6.03 Å². The minimum absolute atomic E-state index is 0.125. The molecular formula is C18H19ClN6O. The SMILES string of the molecule is N#Cc1ccc(-n2ccc(NC(=O)N3CC4CCCC(C3)N4)n2)c(Cl)c1. The molecule has 2 aromatic rings. The summed E-state index contributed by atoms with van der Waals surface area (Å²) in [6.07, 6.45) is 5.20. The summed E-state index contributed by atoms with van der Waals surface area (Å²) in [5.41, 5.74) is 1.14. The highest BCUT2D eigenvalue weighted by molar-refractivity contribution is 6.32. The summed E-state index contributed by atoms with van der Waals surface area (Å²) in [4.78, 5) is 14.4. The fraction of sp³-hybridized carbons (Fsp3) is 0.389. The Hall–Kier alpha value is -2.56. The van der Waals surface area contributed by atoms with E-state index in [4.69, 9.17) is 16.9 Å². The van der Waals surface area contributed by atoms with Gasteiger partial charge in [-0.15, -0.1) is 5.10 Å². The van der Waals surface area contributed by atoms with Gasteiger partial charge in [0.05, 0.1) is 22.3 Å². The van der Waals surface area contributed by atoms with Gasteiger partial charge in [-0.25, -0.2) is 9.48 Å². The monoisotopic (exact) mass is 370 g/mol. The summed E-state index contributed by atoms with van der Waals surface area (Å²) < 4.78 is 1.59. The highest BCUT2D eigenvalue weighted by Gasteiger charge is 2.32. The van der Waals surface area contributed by atoms with Gasteiger partial charge in [-0.2, -0.15) is 5.26 Å². The molecule has 2 amide bonds. The lowest BCUT2D eigenvalue weighted by atomic mass is 9.94. The number of nitrogens with zero attached hydrogens (tertiary/aromatic N) is 4. The van der Waals surface area contributed by atoms with Gasteiger partial charge < -0.3 is 10.2 Å². The molecule has 7 nitrogen and oxygen atoms in total. The molecule has 4 rings (SSSR count). The summed E-state index contributed by atoms with van der Waals surface area (Å²) in [5.74, 6) is 0.471. The van der Waals surface area contributed by atoms with Crippen molar-refractivity contribution in [3.63, 3.8) is 0 Å². The second kappa shape index (κ2) is 6.98. The number of hydrogen-bond donors (Lipinski definition) is 2. The Morgan fingerprint density at radius 2 is 2.08 bits per heavy atom. The number of carbonyl (C=O) groups is 1. The number of amides is 2. The first-order valence-corrected chi connectivity index (χ1v) is 9.08. The molecular weight excluding hydrogens is 352 g/mol. The molecule has 2 saturated heterocycles. The predicted octanol–water partition coefficient (Wildman–Crippen LogP) is 2.76. The van der Waals surface area contributed by atoms with Crippen LogP contribution in [0.15, 0.2) is 30.5 Å². The average Bonchev–Trinajstić information content (AvgIpc) is 3.09. The van der Waals surface area contributed by atoms with Gasteiger partial charge in [0.25, 0.3) is 0 Å². The molecule has 1 aromatic carbocycles. The number of likely N-dealkylation sites (tertiary alicyclic amines) is 1. The molecule has 2 unspecified atom stereocenters. The maximum atomic E-state index is 12.6. The minimum Gasteiger partial charge on any atom is -0.321 e. The Labute approximate surface area is 156 Å². The summed E-state index contributed by atoms with van der Waals surface area (Å²) in [7, 11) is 0. The summed E-state index contributed by atoms with van der Waals surface area (Å²) in [5, 5.41) is 20.2. The van der Waals surface area contributed by atoms with Crippen molar-refractivity contribution < 1.29 is 4.79 Å². The number of fused-ring (bicyclic) bond motifs is 2. The van der Waals surface area contributed by atoms with E-state index in [9.17, 15) is 4.79 Å². The van der Waals surface area contributed by atoms with Crippen LogP contribution in [-0.4, -0.2) is 45.9 Å². The topological polar surface area (TPSA) is 86.0 Å². The molecule has 2 bridgehead atoms. The van der Waals surface area contributed by atoms with Crippen LogP contribution >= 0.6 is 11.6 Å². The number of piperazine rings is 1. The van der Waals surface area contributed by atoms with Crippen LogP contribution in [-0.2, 0) is 0 Å². The van der Waals surface area contributed by atoms with E-state index in [1.54, 1.807) is 35.1 Å². The molecule has 8 heteroatoms. The molecule has 2 fully saturated rings. The van der Waals surface area contributed by atoms with Crippen molar-refractivity contribution in [2.75, 3.05) is 18.4 Å². The molecule has 0 saturated carbocycles. The smallest absolute Gasteiger partial charge is 0.321 e. The first kappa shape index (κ1) is 16.9. The summed E-state index contributed by atoms with van der Waals surface area (Å²) >= 11 is 6.22. The van der Waals surface area contributed by atoms with Crippen LogP contribution in [0.3, 0.4) is 0 Å². The molecule has 2 atom stereocenters. The van der Waals surface area contributed by atoms with Gasteiger partial charge in [0.15, 0.2) is 5.82 Å². The maximum Gasteiger partial charge on any atom is 0.323 e. The molecule has 3 heterocycles. The van der Waals surface area contributed by atoms with Crippen molar-refractivity contribution in [3.8, 4) is 11.8 Å². The van der Waals surface area contributed by atoms with Crippen LogP contribution in [0, 0.1) is 11.3 Å². The Bertz CT molecular complexity index is 861. The quantitative estimate of drug-likeness (QED) is 0.851. The van der Waals surface area contributed by atoms with Gasteiger partial charge in [-0.05, 0) is 31.0 Å². The van der Waals surface area contributed by atoms with Gasteiger partial charge in [0, 0.05) is 37.4 Å². The van der Waals surface area contributed by atoms with Crippen LogP contribution in [0.25, 0.3) is 5.69 Å². The molecule has 26 heavy (non-hydrogen) atoms. The molecule has 1 aromatic heterocycles. The highest BCUT2D eigenvalue weighted by Crippen LogP contribution is 2.23. The Balaban J connectivity index is 1.45. The molecule has 0 spiro atoms. The number of benzene rings is 1. The second-order valence-corrected chi connectivity index (χ2v) is 7.16. The summed E-state index contributed by atoms with van der Waals surface area (Å²) in [6.45, 7) is 1.45. The van der Waals surface area contributed by atoms with Crippen LogP contribution in [0.2, 0.25) is 5.02 Å². The third-order valence-corrected chi connectivity index (χ3v) is 5.20. The normalized spacial score (nSPS) is 21.9. The Kier molecular flexibility index (Phi) is 4.53. The predicted molar refractivity (Wildman–Crippen MR) is 98.4 cm³/mol. The van der Waals surface area contributed by atoms with E-state index >= 15 is 0 Å². The number of rotatable bonds is 2. The molecule has 134 valence electrons. The third kappa shape index (κ3) is 3.39. The third-order valence-electron chi connectivity index (χ3n) is 4.89. The maximum absolute atomic E-state index is 12.6. The van der Waals surface area contributed by atoms with Gasteiger partial charge in [-0.1, -0.05) is 18.0 Å². The van der Waals surface area contributed by atoms with Crippen LogP contribution < -0.4 is 10.6 Å². The fourth-order valence-corrected chi connectivity index (χ4v) is 3.91. The molecule has 0 aliphatic carbocycles. The largest absolute Gasteiger partial charge is 0.323 e. The Morgan fingerprint density at radius 3 is 2.77 bits per heavy atom. The summed E-state index contributed by atoms with van der Waals surface area (Å²) in [6, 6.07) is 9.45. The number of hydrogen-bond acceptors (Lipinski definition) is 4. The van der Waals surface area contributed by atoms with Crippen LogP contribution in [0.4, 0.5) is 10.6 Å². The van der Waals surface area contributed by atoms with E-state index in [0.717, 1.165) is 25.9 Å². The molecule has 0 radical (unpaired) electrons. The van der Waals surface area contributed by atoms with Gasteiger partial charge >= 0.3 is 6.03 Å². The lowest BCUT2D eigenvalue weighted by molar-refractivity contribution is 0.143. The number of piperidine rings is 1. The minimum atomic E-state index is -0.125. The van der Waals surface area contributed by atoms with Gasteiger partial charge in [0.2, 0.25) is 0 Å². The standard InChI is InChI=1S/C18H19ClN6O/c19-15-8-12(9-20)4-5-16(15)25-7-6-17(23-25)22-18(26)24-10-13-2-1-3-14(11-24)21-13/h4-8,13-14,21H,1-3,10-11H2,(H,22,23,26). The van der Waals surface area contributed by atoms with Crippen LogP contribution in [0.1, 0.15) is 24.8 Å². The second-order valence-electron chi connectivity index (χ2n) is 6.75. The van der Waals surface area contributed by atoms with E-state index in [2.05, 4.69) is 15.7 Å². The van der Waals surface area contributed by atoms with E-state index in [1.807, 2.05) is 11.0 Å². The zero-order valence-corrected chi connectivity index (χ0v) is 14.9. The number of nitriles is 1. The number of aromatic nitrogens is 2. The molecule has 2 aliphatic rings. The lowest BCUT2D eigenvalue weighted by Gasteiger charge is -2.42. The van der Waals surface area contributed by atoms with Gasteiger partial charge in [-0.3, -0.25) is 5.32 Å². The first-order chi connectivity index (χ1) is 12.6. The zero-order valence-electron chi connectivity index (χ0n) is 14.2. The van der Waals surface area contributed by atoms with Crippen molar-refractivity contribution in [1.29, 1.82) is 5.26 Å². The number of anilines is 1. The van der Waals surface area contributed by atoms with Gasteiger partial charge in [0.1, 0.15) is 0 Å². The fourth-order valence-electron chi connectivity index (χ4n) is 3.65. The zero-order chi connectivity index (χ0) is 18.1. The number of carbonyl (C=O) groups excluding carboxylic acids is 1. The van der Waals surface area contributed by atoms with E-state index in [1.165, 1.54) is 6.42 Å². The number of halogens is 1. The van der Waals surface area contributed by atoms with Crippen molar-refractivity contribution in [2.45, 2.75) is 31.3 Å². The molecule has 2 aliphatic heterocycles. The average molecular weight is 371 g/mol. The van der Waals surface area contributed by atoms with Crippen molar-refractivity contribution in [1.82, 2.24) is 20.0 Å². The number of nitrogens with one attached hydrogen (secondary N) is 2. The van der Waals surface area contributed by atoms with Crippen molar-refractivity contribution in [3.05, 3.63) is 41.0 Å². The van der Waals surface area contributed by atoms with E-state index in [0.29, 0.717) is 34.2 Å². The van der Waals surface area contributed by atoms with Crippen molar-refractivity contribution >= 4 is 23.4 Å². The molecule has 2 N–H and O–H groups in total. The number of urea groups is 1. The lowest BCUT2D eigenvalue weighted by Crippen LogP contribution is -2.60. The van der Waals surface area contributed by atoms with E-state index < -0.39 is 0 Å². The first-order valence-electron chi connectivity index (χ1n) is 8.70. The van der Waals surface area contributed by atoms with Crippen LogP contribution in [0.5, 0.6) is 0 Å². The van der Waals surface area contributed by atoms with Crippen molar-refractivity contribution in [2.24, 2.45) is 0 Å².